The minimum absolute atomic E-state index is 0.0375. The van der Waals surface area contributed by atoms with Crippen LogP contribution in [0.1, 0.15) is 36.0 Å². The molecule has 7 heteroatoms. The normalized spacial score (nSPS) is 22.3. The van der Waals surface area contributed by atoms with E-state index in [1.165, 1.54) is 24.4 Å². The molecule has 1 atom stereocenters. The van der Waals surface area contributed by atoms with E-state index in [0.29, 0.717) is 32.5 Å². The summed E-state index contributed by atoms with van der Waals surface area (Å²) < 4.78 is 25.5. The molecule has 0 aliphatic carbocycles. The maximum atomic E-state index is 13.8. The molecule has 2 aliphatic heterocycles. The van der Waals surface area contributed by atoms with Gasteiger partial charge in [-0.1, -0.05) is 6.07 Å². The van der Waals surface area contributed by atoms with Crippen LogP contribution >= 0.6 is 0 Å². The summed E-state index contributed by atoms with van der Waals surface area (Å²) in [5.41, 5.74) is -0.632. The van der Waals surface area contributed by atoms with E-state index in [9.17, 15) is 14.0 Å². The number of H-pyrrole nitrogens is 1. The van der Waals surface area contributed by atoms with Crippen LogP contribution in [0, 0.1) is 5.82 Å². The van der Waals surface area contributed by atoms with E-state index in [0.717, 1.165) is 12.8 Å². The topological polar surface area (TPSA) is 71.6 Å². The number of likely N-dealkylation sites (tertiary alicyclic amines) is 1. The van der Waals surface area contributed by atoms with Gasteiger partial charge in [0.05, 0.1) is 17.2 Å². The lowest BCUT2D eigenvalue weighted by molar-refractivity contribution is -0.183. The van der Waals surface area contributed by atoms with Gasteiger partial charge >= 0.3 is 0 Å². The molecule has 2 aliphatic rings. The Bertz CT molecular complexity index is 918. The summed E-state index contributed by atoms with van der Waals surface area (Å²) in [5.74, 6) is -0.842. The summed E-state index contributed by atoms with van der Waals surface area (Å²) >= 11 is 0. The second-order valence-corrected chi connectivity index (χ2v) is 7.27. The number of pyridine rings is 1. The number of para-hydroxylation sites is 1. The number of methoxy groups -OCH3 is 1. The third kappa shape index (κ3) is 3.04. The van der Waals surface area contributed by atoms with E-state index in [4.69, 9.17) is 9.47 Å². The van der Waals surface area contributed by atoms with Crippen molar-refractivity contribution in [2.24, 2.45) is 0 Å². The summed E-state index contributed by atoms with van der Waals surface area (Å²) in [6.45, 7) is 1.71. The molecule has 2 fully saturated rings. The zero-order chi connectivity index (χ0) is 19.0. The first-order chi connectivity index (χ1) is 13.1. The Morgan fingerprint density at radius 3 is 2.89 bits per heavy atom. The van der Waals surface area contributed by atoms with Crippen LogP contribution in [0.5, 0.6) is 0 Å². The number of hydrogen-bond donors (Lipinski definition) is 1. The fourth-order valence-electron chi connectivity index (χ4n) is 4.33. The van der Waals surface area contributed by atoms with Crippen LogP contribution in [-0.2, 0) is 9.47 Å². The molecule has 0 unspecified atom stereocenters. The van der Waals surface area contributed by atoms with E-state index in [1.807, 2.05) is 0 Å². The summed E-state index contributed by atoms with van der Waals surface area (Å²) in [6, 6.07) is 4.27. The van der Waals surface area contributed by atoms with Crippen LogP contribution in [0.25, 0.3) is 10.9 Å². The van der Waals surface area contributed by atoms with Gasteiger partial charge in [0.15, 0.2) is 0 Å². The molecule has 6 nitrogen and oxygen atoms in total. The number of nitrogens with zero attached hydrogens (tertiary/aromatic N) is 1. The Hall–Kier alpha value is -2.25. The van der Waals surface area contributed by atoms with Crippen molar-refractivity contribution in [2.75, 3.05) is 26.8 Å². The zero-order valence-corrected chi connectivity index (χ0v) is 15.3. The predicted octanol–water partition coefficient (Wildman–Crippen LogP) is 2.47. The molecule has 0 bridgehead atoms. The monoisotopic (exact) mass is 374 g/mol. The highest BCUT2D eigenvalue weighted by molar-refractivity contribution is 5.97. The van der Waals surface area contributed by atoms with E-state index in [2.05, 4.69) is 4.98 Å². The molecule has 0 radical (unpaired) electrons. The fourth-order valence-corrected chi connectivity index (χ4v) is 4.33. The van der Waals surface area contributed by atoms with Gasteiger partial charge < -0.3 is 19.4 Å². The quantitative estimate of drug-likeness (QED) is 0.877. The number of halogens is 1. The number of benzene rings is 1. The molecule has 2 aromatic rings. The number of carbonyl (C=O) groups is 1. The molecular formula is C20H23FN2O4. The molecule has 1 spiro atoms. The number of hydrogen-bond acceptors (Lipinski definition) is 4. The third-order valence-corrected chi connectivity index (χ3v) is 5.86. The molecule has 1 N–H and O–H groups in total. The molecule has 1 aromatic carbocycles. The smallest absolute Gasteiger partial charge is 0.259 e. The van der Waals surface area contributed by atoms with Crippen molar-refractivity contribution in [2.45, 2.75) is 37.4 Å². The average Bonchev–Trinajstić information content (AvgIpc) is 2.69. The molecule has 1 aromatic heterocycles. The van der Waals surface area contributed by atoms with Crippen LogP contribution in [0.15, 0.2) is 29.2 Å². The Labute approximate surface area is 156 Å². The number of aromatic amines is 1. The van der Waals surface area contributed by atoms with Gasteiger partial charge in [0.2, 0.25) is 5.43 Å². The third-order valence-electron chi connectivity index (χ3n) is 5.86. The first-order valence-corrected chi connectivity index (χ1v) is 9.32. The van der Waals surface area contributed by atoms with Crippen LogP contribution in [-0.4, -0.2) is 54.3 Å². The van der Waals surface area contributed by atoms with E-state index in [-0.39, 0.29) is 34.1 Å². The minimum atomic E-state index is -0.511. The highest BCUT2D eigenvalue weighted by atomic mass is 19.1. The molecule has 2 saturated heterocycles. The van der Waals surface area contributed by atoms with E-state index >= 15 is 0 Å². The number of piperidine rings is 1. The van der Waals surface area contributed by atoms with Gasteiger partial charge in [-0.25, -0.2) is 4.39 Å². The molecule has 3 heterocycles. The van der Waals surface area contributed by atoms with E-state index < -0.39 is 11.2 Å². The molecule has 1 amide bonds. The van der Waals surface area contributed by atoms with Crippen LogP contribution in [0.4, 0.5) is 4.39 Å². The zero-order valence-electron chi connectivity index (χ0n) is 15.3. The average molecular weight is 374 g/mol. The number of ether oxygens (including phenoxy) is 2. The fraction of sp³-hybridized carbons (Fsp3) is 0.500. The van der Waals surface area contributed by atoms with Crippen molar-refractivity contribution in [1.29, 1.82) is 0 Å². The van der Waals surface area contributed by atoms with Crippen molar-refractivity contribution >= 4 is 16.8 Å². The lowest BCUT2D eigenvalue weighted by Crippen LogP contribution is -2.56. The van der Waals surface area contributed by atoms with Gasteiger partial charge in [0.1, 0.15) is 11.4 Å². The lowest BCUT2D eigenvalue weighted by Gasteiger charge is -2.47. The Balaban J connectivity index is 1.56. The first kappa shape index (κ1) is 18.1. The number of aromatic nitrogens is 1. The number of nitrogens with one attached hydrogen (secondary N) is 1. The van der Waals surface area contributed by atoms with Gasteiger partial charge in [-0.05, 0) is 37.8 Å². The van der Waals surface area contributed by atoms with Gasteiger partial charge in [0.25, 0.3) is 5.91 Å². The minimum Gasteiger partial charge on any atom is -0.378 e. The first-order valence-electron chi connectivity index (χ1n) is 9.32. The molecule has 4 rings (SSSR count). The van der Waals surface area contributed by atoms with Crippen LogP contribution in [0.3, 0.4) is 0 Å². The summed E-state index contributed by atoms with van der Waals surface area (Å²) in [4.78, 5) is 30.0. The van der Waals surface area contributed by atoms with Crippen molar-refractivity contribution < 1.29 is 18.7 Å². The standard InChI is InChI=1S/C20H23FN2O4/c1-26-16-6-3-11-27-20(16)7-9-23(10-8-20)19(25)14-12-22-17-13(18(14)24)4-2-5-15(17)21/h2,4-5,12,16H,3,6-11H2,1H3,(H,22,24)/t16-/m1/s1. The second kappa shape index (κ2) is 7.05. The van der Waals surface area contributed by atoms with Gasteiger partial charge in [0, 0.05) is 38.4 Å². The highest BCUT2D eigenvalue weighted by Gasteiger charge is 2.45. The van der Waals surface area contributed by atoms with Crippen molar-refractivity contribution in [3.8, 4) is 0 Å². The summed E-state index contributed by atoms with van der Waals surface area (Å²) in [5, 5.41) is 0.185. The Kier molecular flexibility index (Phi) is 4.74. The Morgan fingerprint density at radius 2 is 2.15 bits per heavy atom. The number of amides is 1. The SMILES string of the molecule is CO[C@@H]1CCCOC12CCN(C(=O)c1c[nH]c3c(F)cccc3c1=O)CC2. The van der Waals surface area contributed by atoms with Crippen molar-refractivity contribution in [1.82, 2.24) is 9.88 Å². The number of fused-ring (bicyclic) bond motifs is 1. The lowest BCUT2D eigenvalue weighted by atomic mass is 9.81. The molecular weight excluding hydrogens is 351 g/mol. The van der Waals surface area contributed by atoms with Gasteiger partial charge in [-0.15, -0.1) is 0 Å². The van der Waals surface area contributed by atoms with Gasteiger partial charge in [-0.2, -0.15) is 0 Å². The molecule has 144 valence electrons. The number of rotatable bonds is 2. The predicted molar refractivity (Wildman–Crippen MR) is 98.4 cm³/mol. The van der Waals surface area contributed by atoms with E-state index in [1.54, 1.807) is 12.0 Å². The van der Waals surface area contributed by atoms with Gasteiger partial charge in [-0.3, -0.25) is 9.59 Å². The Morgan fingerprint density at radius 1 is 1.37 bits per heavy atom. The summed E-state index contributed by atoms with van der Waals surface area (Å²) in [6.07, 6.45) is 4.65. The maximum absolute atomic E-state index is 13.8. The summed E-state index contributed by atoms with van der Waals surface area (Å²) in [7, 11) is 1.70. The number of carbonyl (C=O) groups excluding carboxylic acids is 1. The second-order valence-electron chi connectivity index (χ2n) is 7.27. The van der Waals surface area contributed by atoms with Crippen LogP contribution in [0.2, 0.25) is 0 Å². The van der Waals surface area contributed by atoms with Crippen molar-refractivity contribution in [3.05, 3.63) is 46.0 Å². The molecule has 0 saturated carbocycles. The molecule has 27 heavy (non-hydrogen) atoms. The van der Waals surface area contributed by atoms with Crippen LogP contribution < -0.4 is 5.43 Å². The van der Waals surface area contributed by atoms with Crippen molar-refractivity contribution in [3.63, 3.8) is 0 Å². The highest BCUT2D eigenvalue weighted by Crippen LogP contribution is 2.37. The largest absolute Gasteiger partial charge is 0.378 e. The maximum Gasteiger partial charge on any atom is 0.259 e.